The summed E-state index contributed by atoms with van der Waals surface area (Å²) in [6.45, 7) is 8.14. The molecule has 1 amide bonds. The van der Waals surface area contributed by atoms with E-state index < -0.39 is 0 Å². The molecule has 0 aromatic rings. The van der Waals surface area contributed by atoms with Gasteiger partial charge in [-0.15, -0.1) is 0 Å². The van der Waals surface area contributed by atoms with E-state index in [0.717, 1.165) is 13.1 Å². The van der Waals surface area contributed by atoms with Crippen LogP contribution in [0.1, 0.15) is 46.5 Å². The van der Waals surface area contributed by atoms with Crippen LogP contribution >= 0.6 is 0 Å². The molecule has 1 saturated carbocycles. The van der Waals surface area contributed by atoms with E-state index in [-0.39, 0.29) is 11.3 Å². The topological polar surface area (TPSA) is 41.1 Å². The van der Waals surface area contributed by atoms with Crippen LogP contribution in [0.15, 0.2) is 0 Å². The number of carbonyl (C=O) groups excluding carboxylic acids is 1. The third kappa shape index (κ3) is 4.12. The number of nitrogens with one attached hydrogen (secondary N) is 2. The first-order valence-electron chi connectivity index (χ1n) is 6.28. The summed E-state index contributed by atoms with van der Waals surface area (Å²) >= 11 is 0. The van der Waals surface area contributed by atoms with Crippen molar-refractivity contribution in [2.24, 2.45) is 10.8 Å². The van der Waals surface area contributed by atoms with Crippen molar-refractivity contribution in [2.45, 2.75) is 46.5 Å². The Kier molecular flexibility index (Phi) is 4.36. The van der Waals surface area contributed by atoms with Gasteiger partial charge >= 0.3 is 0 Å². The molecule has 94 valence electrons. The molecule has 2 N–H and O–H groups in total. The van der Waals surface area contributed by atoms with Gasteiger partial charge in [-0.3, -0.25) is 4.79 Å². The van der Waals surface area contributed by atoms with E-state index in [1.54, 1.807) is 0 Å². The van der Waals surface area contributed by atoms with Crippen molar-refractivity contribution in [1.82, 2.24) is 10.6 Å². The summed E-state index contributed by atoms with van der Waals surface area (Å²) in [5.41, 5.74) is 0.419. The molecule has 1 aliphatic carbocycles. The Morgan fingerprint density at radius 2 is 1.88 bits per heavy atom. The molecule has 3 nitrogen and oxygen atoms in total. The third-order valence-electron chi connectivity index (χ3n) is 3.32. The lowest BCUT2D eigenvalue weighted by molar-refractivity contribution is -0.123. The summed E-state index contributed by atoms with van der Waals surface area (Å²) in [6.07, 6.45) is 4.40. The van der Waals surface area contributed by atoms with Crippen LogP contribution in [0.2, 0.25) is 0 Å². The van der Waals surface area contributed by atoms with Crippen LogP contribution in [-0.4, -0.2) is 26.0 Å². The van der Waals surface area contributed by atoms with Crippen molar-refractivity contribution in [1.29, 1.82) is 0 Å². The predicted octanol–water partition coefficient (Wildman–Crippen LogP) is 1.93. The van der Waals surface area contributed by atoms with Crippen LogP contribution in [0.25, 0.3) is 0 Å². The normalized spacial score (nSPS) is 19.0. The average molecular weight is 226 g/mol. The minimum absolute atomic E-state index is 0.0832. The first kappa shape index (κ1) is 13.5. The first-order chi connectivity index (χ1) is 7.37. The van der Waals surface area contributed by atoms with Crippen molar-refractivity contribution < 1.29 is 4.79 Å². The van der Waals surface area contributed by atoms with Gasteiger partial charge in [-0.05, 0) is 25.3 Å². The summed E-state index contributed by atoms with van der Waals surface area (Å²) in [5, 5.41) is 6.32. The SMILES string of the molecule is CNCC1(CNC(=O)CC(C)(C)C)CCC1. The molecule has 0 atom stereocenters. The molecule has 0 aromatic carbocycles. The highest BCUT2D eigenvalue weighted by Gasteiger charge is 2.36. The molecular formula is C13H26N2O. The lowest BCUT2D eigenvalue weighted by Gasteiger charge is -2.42. The van der Waals surface area contributed by atoms with Crippen molar-refractivity contribution in [3.8, 4) is 0 Å². The molecule has 1 aliphatic rings. The molecule has 0 heterocycles. The smallest absolute Gasteiger partial charge is 0.220 e. The molecule has 1 rings (SSSR count). The summed E-state index contributed by atoms with van der Waals surface area (Å²) in [4.78, 5) is 11.7. The second-order valence-electron chi connectivity index (χ2n) is 6.40. The molecule has 0 bridgehead atoms. The van der Waals surface area contributed by atoms with Gasteiger partial charge in [0.1, 0.15) is 0 Å². The van der Waals surface area contributed by atoms with Crippen LogP contribution in [0.3, 0.4) is 0 Å². The van der Waals surface area contributed by atoms with Crippen molar-refractivity contribution in [3.63, 3.8) is 0 Å². The number of amides is 1. The average Bonchev–Trinajstić information content (AvgIpc) is 2.06. The van der Waals surface area contributed by atoms with Gasteiger partial charge in [-0.25, -0.2) is 0 Å². The summed E-state index contributed by atoms with van der Waals surface area (Å²) in [7, 11) is 1.98. The lowest BCUT2D eigenvalue weighted by atomic mass is 9.68. The number of hydrogen-bond donors (Lipinski definition) is 2. The zero-order chi connectivity index (χ0) is 12.2. The molecule has 0 radical (unpaired) electrons. The third-order valence-corrected chi connectivity index (χ3v) is 3.32. The van der Waals surface area contributed by atoms with Crippen LogP contribution in [0.4, 0.5) is 0 Å². The van der Waals surface area contributed by atoms with E-state index in [1.165, 1.54) is 19.3 Å². The highest BCUT2D eigenvalue weighted by atomic mass is 16.1. The number of rotatable bonds is 5. The molecule has 3 heteroatoms. The Morgan fingerprint density at radius 3 is 2.25 bits per heavy atom. The highest BCUT2D eigenvalue weighted by Crippen LogP contribution is 2.39. The molecular weight excluding hydrogens is 200 g/mol. The van der Waals surface area contributed by atoms with Gasteiger partial charge < -0.3 is 10.6 Å². The standard InChI is InChI=1S/C13H26N2O/c1-12(2,3)8-11(16)15-10-13(9-14-4)6-5-7-13/h14H,5-10H2,1-4H3,(H,15,16). The van der Waals surface area contributed by atoms with E-state index in [2.05, 4.69) is 31.4 Å². The second kappa shape index (κ2) is 5.17. The Balaban J connectivity index is 2.30. The van der Waals surface area contributed by atoms with Gasteiger partial charge in [0.15, 0.2) is 0 Å². The lowest BCUT2D eigenvalue weighted by Crippen LogP contribution is -2.48. The van der Waals surface area contributed by atoms with Gasteiger partial charge in [0.25, 0.3) is 0 Å². The number of carbonyl (C=O) groups is 1. The first-order valence-corrected chi connectivity index (χ1v) is 6.28. The van der Waals surface area contributed by atoms with E-state index in [9.17, 15) is 4.79 Å². The zero-order valence-corrected chi connectivity index (χ0v) is 11.2. The van der Waals surface area contributed by atoms with E-state index >= 15 is 0 Å². The fourth-order valence-corrected chi connectivity index (χ4v) is 2.30. The van der Waals surface area contributed by atoms with Gasteiger partial charge in [-0.1, -0.05) is 27.2 Å². The van der Waals surface area contributed by atoms with Crippen LogP contribution < -0.4 is 10.6 Å². The molecule has 16 heavy (non-hydrogen) atoms. The maximum absolute atomic E-state index is 11.7. The predicted molar refractivity (Wildman–Crippen MR) is 67.3 cm³/mol. The summed E-state index contributed by atoms with van der Waals surface area (Å²) in [6, 6.07) is 0. The minimum atomic E-state index is 0.0832. The fourth-order valence-electron chi connectivity index (χ4n) is 2.30. The van der Waals surface area contributed by atoms with Crippen LogP contribution in [-0.2, 0) is 4.79 Å². The van der Waals surface area contributed by atoms with Gasteiger partial charge in [0, 0.05) is 24.9 Å². The monoisotopic (exact) mass is 226 g/mol. The molecule has 0 aliphatic heterocycles. The van der Waals surface area contributed by atoms with Crippen molar-refractivity contribution >= 4 is 5.91 Å². The van der Waals surface area contributed by atoms with Gasteiger partial charge in [0.05, 0.1) is 0 Å². The Bertz CT molecular complexity index is 239. The van der Waals surface area contributed by atoms with E-state index in [0.29, 0.717) is 11.8 Å². The van der Waals surface area contributed by atoms with E-state index in [1.807, 2.05) is 7.05 Å². The molecule has 1 fully saturated rings. The van der Waals surface area contributed by atoms with Crippen LogP contribution in [0.5, 0.6) is 0 Å². The van der Waals surface area contributed by atoms with Gasteiger partial charge in [-0.2, -0.15) is 0 Å². The summed E-state index contributed by atoms with van der Waals surface area (Å²) < 4.78 is 0. The van der Waals surface area contributed by atoms with Crippen molar-refractivity contribution in [2.75, 3.05) is 20.1 Å². The summed E-state index contributed by atoms with van der Waals surface area (Å²) in [5.74, 6) is 0.190. The van der Waals surface area contributed by atoms with Crippen LogP contribution in [0, 0.1) is 10.8 Å². The number of hydrogen-bond acceptors (Lipinski definition) is 2. The Morgan fingerprint density at radius 1 is 1.25 bits per heavy atom. The molecule has 0 unspecified atom stereocenters. The maximum Gasteiger partial charge on any atom is 0.220 e. The zero-order valence-electron chi connectivity index (χ0n) is 11.2. The minimum Gasteiger partial charge on any atom is -0.355 e. The molecule has 0 saturated heterocycles. The fraction of sp³-hybridized carbons (Fsp3) is 0.923. The molecule has 0 aromatic heterocycles. The quantitative estimate of drug-likeness (QED) is 0.752. The second-order valence-corrected chi connectivity index (χ2v) is 6.40. The van der Waals surface area contributed by atoms with Crippen molar-refractivity contribution in [3.05, 3.63) is 0 Å². The van der Waals surface area contributed by atoms with E-state index in [4.69, 9.17) is 0 Å². The van der Waals surface area contributed by atoms with Gasteiger partial charge in [0.2, 0.25) is 5.91 Å². The Hall–Kier alpha value is -0.570. The Labute approximate surface area is 99.4 Å². The maximum atomic E-state index is 11.7. The molecule has 0 spiro atoms. The largest absolute Gasteiger partial charge is 0.355 e. The highest BCUT2D eigenvalue weighted by molar-refractivity contribution is 5.76.